The number of thioether (sulfide) groups is 1. The van der Waals surface area contributed by atoms with E-state index in [1.165, 1.54) is 0 Å². The lowest BCUT2D eigenvalue weighted by Crippen LogP contribution is -2.29. The average molecular weight is 266 g/mol. The highest BCUT2D eigenvalue weighted by Gasteiger charge is 2.15. The predicted molar refractivity (Wildman–Crippen MR) is 80.5 cm³/mol. The highest BCUT2D eigenvalue weighted by Crippen LogP contribution is 2.17. The molecule has 0 radical (unpaired) electrons. The number of para-hydroxylation sites is 1. The van der Waals surface area contributed by atoms with Gasteiger partial charge >= 0.3 is 0 Å². The molecule has 0 heterocycles. The van der Waals surface area contributed by atoms with Crippen molar-refractivity contribution in [3.05, 3.63) is 29.8 Å². The quantitative estimate of drug-likeness (QED) is 0.859. The Hall–Kier alpha value is -1.16. The topological polar surface area (TPSA) is 32.3 Å². The Labute approximate surface area is 114 Å². The summed E-state index contributed by atoms with van der Waals surface area (Å²) in [6, 6.07) is 8.00. The van der Waals surface area contributed by atoms with Gasteiger partial charge in [0.25, 0.3) is 5.91 Å². The Bertz CT molecular complexity index is 393. The molecule has 0 aliphatic rings. The van der Waals surface area contributed by atoms with Gasteiger partial charge in [-0.3, -0.25) is 4.79 Å². The molecule has 0 aliphatic heterocycles. The van der Waals surface area contributed by atoms with Crippen LogP contribution in [0.3, 0.4) is 0 Å². The van der Waals surface area contributed by atoms with Crippen molar-refractivity contribution in [1.29, 1.82) is 0 Å². The van der Waals surface area contributed by atoms with Crippen LogP contribution in [-0.4, -0.2) is 42.4 Å². The maximum atomic E-state index is 12.3. The SMILES string of the molecule is CSCCN(C)C(=O)c1ccccc1NC(C)C. The predicted octanol–water partition coefficient (Wildman–Crippen LogP) is 2.94. The molecule has 1 aromatic carbocycles. The normalized spacial score (nSPS) is 10.5. The summed E-state index contributed by atoms with van der Waals surface area (Å²) >= 11 is 1.75. The standard InChI is InChI=1S/C14H22N2OS/c1-11(2)15-13-8-6-5-7-12(13)14(17)16(3)9-10-18-4/h5-8,11,15H,9-10H2,1-4H3. The Morgan fingerprint density at radius 1 is 1.39 bits per heavy atom. The molecule has 1 rings (SSSR count). The first-order valence-electron chi connectivity index (χ1n) is 6.16. The number of hydrogen-bond donors (Lipinski definition) is 1. The lowest BCUT2D eigenvalue weighted by atomic mass is 10.1. The molecule has 18 heavy (non-hydrogen) atoms. The van der Waals surface area contributed by atoms with Gasteiger partial charge in [0.1, 0.15) is 0 Å². The largest absolute Gasteiger partial charge is 0.382 e. The van der Waals surface area contributed by atoms with Crippen LogP contribution in [0.2, 0.25) is 0 Å². The van der Waals surface area contributed by atoms with Gasteiger partial charge in [0.15, 0.2) is 0 Å². The number of anilines is 1. The van der Waals surface area contributed by atoms with E-state index in [1.807, 2.05) is 37.6 Å². The molecule has 0 atom stereocenters. The Morgan fingerprint density at radius 2 is 2.06 bits per heavy atom. The summed E-state index contributed by atoms with van der Waals surface area (Å²) in [5.41, 5.74) is 1.66. The number of rotatable bonds is 6. The molecule has 0 saturated heterocycles. The minimum atomic E-state index is 0.0767. The minimum Gasteiger partial charge on any atom is -0.382 e. The molecule has 1 amide bonds. The van der Waals surface area contributed by atoms with E-state index in [4.69, 9.17) is 0 Å². The molecule has 0 spiro atoms. The molecular formula is C14H22N2OS. The third-order valence-electron chi connectivity index (χ3n) is 2.58. The van der Waals surface area contributed by atoms with Gasteiger partial charge in [0.2, 0.25) is 0 Å². The second-order valence-electron chi connectivity index (χ2n) is 4.56. The van der Waals surface area contributed by atoms with Crippen molar-refractivity contribution in [3.8, 4) is 0 Å². The molecule has 100 valence electrons. The van der Waals surface area contributed by atoms with E-state index >= 15 is 0 Å². The van der Waals surface area contributed by atoms with E-state index in [0.29, 0.717) is 6.04 Å². The number of nitrogens with one attached hydrogen (secondary N) is 1. The summed E-state index contributed by atoms with van der Waals surface area (Å²) in [6.45, 7) is 4.91. The van der Waals surface area contributed by atoms with Crippen LogP contribution >= 0.6 is 11.8 Å². The fourth-order valence-corrected chi connectivity index (χ4v) is 2.10. The number of carbonyl (C=O) groups is 1. The third-order valence-corrected chi connectivity index (χ3v) is 3.17. The van der Waals surface area contributed by atoms with Gasteiger partial charge in [-0.05, 0) is 32.2 Å². The molecule has 0 aromatic heterocycles. The van der Waals surface area contributed by atoms with Crippen molar-refractivity contribution in [1.82, 2.24) is 4.90 Å². The van der Waals surface area contributed by atoms with Crippen LogP contribution in [0.15, 0.2) is 24.3 Å². The zero-order valence-corrected chi connectivity index (χ0v) is 12.4. The minimum absolute atomic E-state index is 0.0767. The van der Waals surface area contributed by atoms with Gasteiger partial charge in [-0.25, -0.2) is 0 Å². The van der Waals surface area contributed by atoms with Crippen LogP contribution < -0.4 is 5.32 Å². The monoisotopic (exact) mass is 266 g/mol. The molecular weight excluding hydrogens is 244 g/mol. The van der Waals surface area contributed by atoms with E-state index in [-0.39, 0.29) is 5.91 Å². The molecule has 0 unspecified atom stereocenters. The average Bonchev–Trinajstić information content (AvgIpc) is 2.35. The van der Waals surface area contributed by atoms with E-state index in [9.17, 15) is 4.79 Å². The third kappa shape index (κ3) is 4.26. The van der Waals surface area contributed by atoms with Crippen LogP contribution in [0.25, 0.3) is 0 Å². The van der Waals surface area contributed by atoms with Crippen molar-refractivity contribution in [2.75, 3.05) is 30.9 Å². The summed E-state index contributed by atoms with van der Waals surface area (Å²) in [5.74, 6) is 1.04. The lowest BCUT2D eigenvalue weighted by Gasteiger charge is -2.20. The van der Waals surface area contributed by atoms with Gasteiger partial charge in [-0.15, -0.1) is 0 Å². The van der Waals surface area contributed by atoms with Crippen molar-refractivity contribution >= 4 is 23.4 Å². The maximum absolute atomic E-state index is 12.3. The van der Waals surface area contributed by atoms with Gasteiger partial charge < -0.3 is 10.2 Å². The van der Waals surface area contributed by atoms with Crippen LogP contribution in [0.4, 0.5) is 5.69 Å². The summed E-state index contributed by atoms with van der Waals surface area (Å²) < 4.78 is 0. The van der Waals surface area contributed by atoms with Crippen LogP contribution in [0.1, 0.15) is 24.2 Å². The zero-order chi connectivity index (χ0) is 13.5. The lowest BCUT2D eigenvalue weighted by molar-refractivity contribution is 0.0804. The fourth-order valence-electron chi connectivity index (χ4n) is 1.64. The molecule has 0 bridgehead atoms. The molecule has 1 N–H and O–H groups in total. The van der Waals surface area contributed by atoms with Crippen molar-refractivity contribution < 1.29 is 4.79 Å². The summed E-state index contributed by atoms with van der Waals surface area (Å²) in [4.78, 5) is 14.1. The molecule has 0 aliphatic carbocycles. The Kier molecular flexibility index (Phi) is 6.05. The van der Waals surface area contributed by atoms with E-state index < -0.39 is 0 Å². The van der Waals surface area contributed by atoms with Crippen LogP contribution in [0, 0.1) is 0 Å². The number of hydrogen-bond acceptors (Lipinski definition) is 3. The van der Waals surface area contributed by atoms with Gasteiger partial charge in [-0.2, -0.15) is 11.8 Å². The molecule has 0 fully saturated rings. The van der Waals surface area contributed by atoms with E-state index in [0.717, 1.165) is 23.5 Å². The summed E-state index contributed by atoms with van der Waals surface area (Å²) in [6.07, 6.45) is 2.05. The maximum Gasteiger partial charge on any atom is 0.255 e. The Balaban J connectivity index is 2.84. The van der Waals surface area contributed by atoms with Crippen molar-refractivity contribution in [3.63, 3.8) is 0 Å². The van der Waals surface area contributed by atoms with E-state index in [2.05, 4.69) is 19.2 Å². The summed E-state index contributed by atoms with van der Waals surface area (Å²) in [7, 11) is 1.85. The highest BCUT2D eigenvalue weighted by molar-refractivity contribution is 7.98. The first kappa shape index (κ1) is 14.9. The van der Waals surface area contributed by atoms with Gasteiger partial charge in [-0.1, -0.05) is 12.1 Å². The van der Waals surface area contributed by atoms with E-state index in [1.54, 1.807) is 16.7 Å². The number of amides is 1. The second kappa shape index (κ2) is 7.31. The second-order valence-corrected chi connectivity index (χ2v) is 5.55. The zero-order valence-electron chi connectivity index (χ0n) is 11.6. The van der Waals surface area contributed by atoms with Gasteiger partial charge in [0, 0.05) is 31.1 Å². The highest BCUT2D eigenvalue weighted by atomic mass is 32.2. The number of benzene rings is 1. The van der Waals surface area contributed by atoms with Gasteiger partial charge in [0.05, 0.1) is 5.56 Å². The van der Waals surface area contributed by atoms with Crippen LogP contribution in [0.5, 0.6) is 0 Å². The van der Waals surface area contributed by atoms with Crippen molar-refractivity contribution in [2.45, 2.75) is 19.9 Å². The molecule has 4 heteroatoms. The Morgan fingerprint density at radius 3 is 2.67 bits per heavy atom. The first-order valence-corrected chi connectivity index (χ1v) is 7.55. The first-order chi connectivity index (χ1) is 8.56. The molecule has 0 saturated carbocycles. The molecule has 3 nitrogen and oxygen atoms in total. The fraction of sp³-hybridized carbons (Fsp3) is 0.500. The number of nitrogens with zero attached hydrogens (tertiary/aromatic N) is 1. The van der Waals surface area contributed by atoms with Crippen LogP contribution in [-0.2, 0) is 0 Å². The number of carbonyl (C=O) groups excluding carboxylic acids is 1. The molecule has 1 aromatic rings. The summed E-state index contributed by atoms with van der Waals surface area (Å²) in [5, 5.41) is 3.31. The van der Waals surface area contributed by atoms with Crippen molar-refractivity contribution in [2.24, 2.45) is 0 Å². The smallest absolute Gasteiger partial charge is 0.255 e.